The van der Waals surface area contributed by atoms with Crippen molar-refractivity contribution in [3.63, 3.8) is 0 Å². The minimum Gasteiger partial charge on any atom is -0.380 e. The van der Waals surface area contributed by atoms with Gasteiger partial charge in [-0.05, 0) is 26.0 Å². The standard InChI is InChI=1S/C14H15F3N2O2S2/c1-8-19-10(7-22-8)11-4-3-9(23-11)6-18-12(20)5-13(2,21)14(15,16)17/h3-4,7,21H,5-6H2,1-2H3,(H,18,20)/t13-/m0/s1. The predicted octanol–water partition coefficient (Wildman–Crippen LogP) is 3.50. The number of nitrogens with one attached hydrogen (secondary N) is 1. The van der Waals surface area contributed by atoms with Crippen LogP contribution in [0.2, 0.25) is 0 Å². The average Bonchev–Trinajstić information content (AvgIpc) is 3.03. The van der Waals surface area contributed by atoms with Crippen molar-refractivity contribution in [2.24, 2.45) is 0 Å². The van der Waals surface area contributed by atoms with Gasteiger partial charge in [0.05, 0.1) is 28.5 Å². The number of nitrogens with zero attached hydrogens (tertiary/aromatic N) is 1. The summed E-state index contributed by atoms with van der Waals surface area (Å²) in [6.45, 7) is 2.59. The van der Waals surface area contributed by atoms with Gasteiger partial charge in [0.15, 0.2) is 5.60 Å². The fraction of sp³-hybridized carbons (Fsp3) is 0.429. The quantitative estimate of drug-likeness (QED) is 0.854. The van der Waals surface area contributed by atoms with Crippen molar-refractivity contribution in [3.05, 3.63) is 27.4 Å². The number of carbonyl (C=O) groups excluding carboxylic acids is 1. The van der Waals surface area contributed by atoms with Crippen LogP contribution in [-0.2, 0) is 11.3 Å². The largest absolute Gasteiger partial charge is 0.417 e. The van der Waals surface area contributed by atoms with Gasteiger partial charge in [0.25, 0.3) is 0 Å². The third-order valence-electron chi connectivity index (χ3n) is 3.11. The van der Waals surface area contributed by atoms with Crippen molar-refractivity contribution in [1.29, 1.82) is 0 Å². The molecule has 23 heavy (non-hydrogen) atoms. The zero-order chi connectivity index (χ0) is 17.3. The zero-order valence-corrected chi connectivity index (χ0v) is 14.0. The van der Waals surface area contributed by atoms with E-state index >= 15 is 0 Å². The van der Waals surface area contributed by atoms with Gasteiger partial charge in [0.1, 0.15) is 0 Å². The lowest BCUT2D eigenvalue weighted by atomic mass is 10.0. The molecule has 0 fully saturated rings. The minimum absolute atomic E-state index is 0.112. The molecule has 0 saturated carbocycles. The molecule has 0 aliphatic rings. The van der Waals surface area contributed by atoms with E-state index in [0.29, 0.717) is 6.92 Å². The molecule has 0 aliphatic carbocycles. The molecule has 4 nitrogen and oxygen atoms in total. The molecule has 0 radical (unpaired) electrons. The number of carbonyl (C=O) groups is 1. The summed E-state index contributed by atoms with van der Waals surface area (Å²) in [5.74, 6) is -0.855. The first-order valence-electron chi connectivity index (χ1n) is 6.65. The fourth-order valence-corrected chi connectivity index (χ4v) is 3.34. The molecule has 2 aromatic heterocycles. The van der Waals surface area contributed by atoms with Gasteiger partial charge in [-0.15, -0.1) is 22.7 Å². The highest BCUT2D eigenvalue weighted by atomic mass is 32.1. The lowest BCUT2D eigenvalue weighted by Crippen LogP contribution is -2.46. The van der Waals surface area contributed by atoms with Crippen molar-refractivity contribution < 1.29 is 23.1 Å². The van der Waals surface area contributed by atoms with Crippen LogP contribution in [0.5, 0.6) is 0 Å². The zero-order valence-electron chi connectivity index (χ0n) is 12.4. The van der Waals surface area contributed by atoms with Crippen LogP contribution in [0.25, 0.3) is 10.6 Å². The SMILES string of the molecule is Cc1nc(-c2ccc(CNC(=O)C[C@](C)(O)C(F)(F)F)s2)cs1. The minimum atomic E-state index is -4.84. The summed E-state index contributed by atoms with van der Waals surface area (Å²) in [4.78, 5) is 17.7. The van der Waals surface area contributed by atoms with Gasteiger partial charge >= 0.3 is 6.18 Å². The molecule has 2 heterocycles. The maximum atomic E-state index is 12.5. The Morgan fingerprint density at radius 2 is 2.09 bits per heavy atom. The van der Waals surface area contributed by atoms with Crippen LogP contribution in [-0.4, -0.2) is 27.8 Å². The van der Waals surface area contributed by atoms with E-state index < -0.39 is 24.1 Å². The van der Waals surface area contributed by atoms with Gasteiger partial charge in [0.2, 0.25) is 5.91 Å². The number of aromatic nitrogens is 1. The lowest BCUT2D eigenvalue weighted by molar-refractivity contribution is -0.253. The van der Waals surface area contributed by atoms with E-state index in [-0.39, 0.29) is 6.54 Å². The van der Waals surface area contributed by atoms with Crippen molar-refractivity contribution in [2.75, 3.05) is 0 Å². The second-order valence-corrected chi connectivity index (χ2v) is 7.47. The van der Waals surface area contributed by atoms with Crippen molar-refractivity contribution in [1.82, 2.24) is 10.3 Å². The number of aliphatic hydroxyl groups is 1. The molecular formula is C14H15F3N2O2S2. The monoisotopic (exact) mass is 364 g/mol. The Kier molecular flexibility index (Phi) is 5.12. The number of hydrogen-bond donors (Lipinski definition) is 2. The second-order valence-electron chi connectivity index (χ2n) is 5.24. The third kappa shape index (κ3) is 4.52. The van der Waals surface area contributed by atoms with Gasteiger partial charge in [0, 0.05) is 10.3 Å². The molecule has 126 valence electrons. The summed E-state index contributed by atoms with van der Waals surface area (Å²) in [6, 6.07) is 3.64. The van der Waals surface area contributed by atoms with Crippen LogP contribution in [0.4, 0.5) is 13.2 Å². The van der Waals surface area contributed by atoms with E-state index in [1.165, 1.54) is 22.7 Å². The average molecular weight is 364 g/mol. The lowest BCUT2D eigenvalue weighted by Gasteiger charge is -2.25. The molecule has 1 amide bonds. The van der Waals surface area contributed by atoms with E-state index in [1.807, 2.05) is 18.4 Å². The van der Waals surface area contributed by atoms with Gasteiger partial charge in [-0.2, -0.15) is 13.2 Å². The highest BCUT2D eigenvalue weighted by Gasteiger charge is 2.50. The summed E-state index contributed by atoms with van der Waals surface area (Å²) in [5.41, 5.74) is -2.19. The van der Waals surface area contributed by atoms with Crippen LogP contribution < -0.4 is 5.32 Å². The first kappa shape index (κ1) is 17.9. The maximum Gasteiger partial charge on any atom is 0.417 e. The molecule has 0 bridgehead atoms. The summed E-state index contributed by atoms with van der Waals surface area (Å²) >= 11 is 2.94. The number of thiophene rings is 1. The van der Waals surface area contributed by atoms with E-state index in [1.54, 1.807) is 6.07 Å². The van der Waals surface area contributed by atoms with Crippen molar-refractivity contribution >= 4 is 28.6 Å². The molecule has 1 atom stereocenters. The van der Waals surface area contributed by atoms with Gasteiger partial charge < -0.3 is 10.4 Å². The van der Waals surface area contributed by atoms with Crippen LogP contribution >= 0.6 is 22.7 Å². The molecule has 2 aromatic rings. The van der Waals surface area contributed by atoms with E-state index in [0.717, 1.165) is 20.5 Å². The van der Waals surface area contributed by atoms with Crippen LogP contribution in [0.15, 0.2) is 17.5 Å². The van der Waals surface area contributed by atoms with Gasteiger partial charge in [-0.3, -0.25) is 4.79 Å². The van der Waals surface area contributed by atoms with Crippen LogP contribution in [0.1, 0.15) is 23.2 Å². The molecule has 2 rings (SSSR count). The highest BCUT2D eigenvalue weighted by molar-refractivity contribution is 7.16. The Morgan fingerprint density at radius 3 is 2.65 bits per heavy atom. The third-order valence-corrected chi connectivity index (χ3v) is 4.99. The van der Waals surface area contributed by atoms with Gasteiger partial charge in [-0.1, -0.05) is 0 Å². The van der Waals surface area contributed by atoms with E-state index in [2.05, 4.69) is 10.3 Å². The molecule has 0 unspecified atom stereocenters. The number of aryl methyl sites for hydroxylation is 1. The number of alkyl halides is 3. The Hall–Kier alpha value is -1.45. The maximum absolute atomic E-state index is 12.5. The molecule has 0 spiro atoms. The molecular weight excluding hydrogens is 349 g/mol. The highest BCUT2D eigenvalue weighted by Crippen LogP contribution is 2.32. The van der Waals surface area contributed by atoms with E-state index in [4.69, 9.17) is 0 Å². The molecule has 0 saturated heterocycles. The van der Waals surface area contributed by atoms with Gasteiger partial charge in [-0.25, -0.2) is 4.98 Å². The molecule has 0 aliphatic heterocycles. The van der Waals surface area contributed by atoms with Crippen molar-refractivity contribution in [3.8, 4) is 10.6 Å². The summed E-state index contributed by atoms with van der Waals surface area (Å²) in [5, 5.41) is 14.5. The molecule has 2 N–H and O–H groups in total. The molecule has 0 aromatic carbocycles. The second kappa shape index (κ2) is 6.58. The first-order valence-corrected chi connectivity index (χ1v) is 8.35. The topological polar surface area (TPSA) is 62.2 Å². The Balaban J connectivity index is 1.92. The number of halogens is 3. The molecule has 9 heteroatoms. The Bertz CT molecular complexity index is 692. The van der Waals surface area contributed by atoms with E-state index in [9.17, 15) is 23.1 Å². The number of hydrogen-bond acceptors (Lipinski definition) is 5. The summed E-state index contributed by atoms with van der Waals surface area (Å²) in [6.07, 6.45) is -5.87. The first-order chi connectivity index (χ1) is 10.6. The normalized spacial score (nSPS) is 14.5. The number of thiazole rings is 1. The fourth-order valence-electron chi connectivity index (χ4n) is 1.75. The van der Waals surface area contributed by atoms with Crippen molar-refractivity contribution in [2.45, 2.75) is 38.6 Å². The van der Waals surface area contributed by atoms with Crippen LogP contribution in [0, 0.1) is 6.92 Å². The Morgan fingerprint density at radius 1 is 1.39 bits per heavy atom. The predicted molar refractivity (Wildman–Crippen MR) is 83.3 cm³/mol. The number of rotatable bonds is 5. The number of amides is 1. The Labute approximate surface area is 139 Å². The smallest absolute Gasteiger partial charge is 0.380 e. The van der Waals surface area contributed by atoms with Crippen LogP contribution in [0.3, 0.4) is 0 Å². The summed E-state index contributed by atoms with van der Waals surface area (Å²) in [7, 11) is 0. The summed E-state index contributed by atoms with van der Waals surface area (Å²) < 4.78 is 37.5.